The van der Waals surface area contributed by atoms with Gasteiger partial charge in [0.2, 0.25) is 0 Å². The Balaban J connectivity index is 1.74. The van der Waals surface area contributed by atoms with Gasteiger partial charge in [-0.3, -0.25) is 0 Å². The minimum absolute atomic E-state index is 1.04. The van der Waals surface area contributed by atoms with Gasteiger partial charge in [-0.15, -0.1) is 11.3 Å². The summed E-state index contributed by atoms with van der Waals surface area (Å²) in [6, 6.07) is 20.7. The summed E-state index contributed by atoms with van der Waals surface area (Å²) >= 11 is 1.71. The molecule has 1 heterocycles. The third-order valence-electron chi connectivity index (χ3n) is 2.79. The molecule has 0 aliphatic carbocycles. The van der Waals surface area contributed by atoms with Crippen molar-refractivity contribution in [3.05, 3.63) is 72.3 Å². The SMILES string of the molecule is C(/C=C/c1ccccc1)=N/c1cc2ccccc2s1. The molecule has 3 rings (SSSR count). The summed E-state index contributed by atoms with van der Waals surface area (Å²) in [5.41, 5.74) is 1.19. The minimum Gasteiger partial charge on any atom is -0.246 e. The highest BCUT2D eigenvalue weighted by Crippen LogP contribution is 2.31. The molecule has 0 saturated carbocycles. The molecule has 0 aliphatic heterocycles. The van der Waals surface area contributed by atoms with Gasteiger partial charge in [0.15, 0.2) is 0 Å². The van der Waals surface area contributed by atoms with Crippen LogP contribution in [-0.2, 0) is 0 Å². The molecule has 0 spiro atoms. The Hall–Kier alpha value is -2.19. The van der Waals surface area contributed by atoms with Crippen molar-refractivity contribution in [2.24, 2.45) is 4.99 Å². The number of fused-ring (bicyclic) bond motifs is 1. The van der Waals surface area contributed by atoms with E-state index in [2.05, 4.69) is 53.5 Å². The molecule has 0 aliphatic rings. The molecule has 0 fully saturated rings. The smallest absolute Gasteiger partial charge is 0.117 e. The van der Waals surface area contributed by atoms with Crippen molar-refractivity contribution in [1.82, 2.24) is 0 Å². The first-order valence-corrected chi connectivity index (χ1v) is 6.98. The van der Waals surface area contributed by atoms with Crippen molar-refractivity contribution in [2.75, 3.05) is 0 Å². The molecular formula is C17H13NS. The van der Waals surface area contributed by atoms with E-state index in [9.17, 15) is 0 Å². The molecule has 19 heavy (non-hydrogen) atoms. The molecule has 0 N–H and O–H groups in total. The summed E-state index contributed by atoms with van der Waals surface area (Å²) in [6.07, 6.45) is 5.87. The van der Waals surface area contributed by atoms with E-state index in [-0.39, 0.29) is 0 Å². The molecule has 92 valence electrons. The summed E-state index contributed by atoms with van der Waals surface area (Å²) in [7, 11) is 0. The average molecular weight is 263 g/mol. The van der Waals surface area contributed by atoms with Crippen molar-refractivity contribution in [2.45, 2.75) is 0 Å². The van der Waals surface area contributed by atoms with Gasteiger partial charge in [-0.25, -0.2) is 4.99 Å². The summed E-state index contributed by atoms with van der Waals surface area (Å²) in [5.74, 6) is 0. The first-order valence-electron chi connectivity index (χ1n) is 6.16. The van der Waals surface area contributed by atoms with E-state index in [4.69, 9.17) is 0 Å². The predicted molar refractivity (Wildman–Crippen MR) is 85.5 cm³/mol. The fraction of sp³-hybridized carbons (Fsp3) is 0. The molecule has 2 aromatic carbocycles. The lowest BCUT2D eigenvalue weighted by molar-refractivity contribution is 1.65. The molecule has 0 radical (unpaired) electrons. The molecule has 0 atom stereocenters. The van der Waals surface area contributed by atoms with Gasteiger partial charge in [0, 0.05) is 10.9 Å². The number of nitrogens with zero attached hydrogens (tertiary/aromatic N) is 1. The van der Waals surface area contributed by atoms with Crippen LogP contribution in [0.15, 0.2) is 71.7 Å². The van der Waals surface area contributed by atoms with E-state index in [1.54, 1.807) is 11.3 Å². The van der Waals surface area contributed by atoms with Crippen LogP contribution in [0.2, 0.25) is 0 Å². The lowest BCUT2D eigenvalue weighted by Gasteiger charge is -1.88. The Morgan fingerprint density at radius 2 is 1.68 bits per heavy atom. The number of rotatable bonds is 3. The van der Waals surface area contributed by atoms with Gasteiger partial charge in [-0.1, -0.05) is 54.6 Å². The van der Waals surface area contributed by atoms with E-state index in [0.29, 0.717) is 0 Å². The maximum atomic E-state index is 4.47. The topological polar surface area (TPSA) is 12.4 Å². The summed E-state index contributed by atoms with van der Waals surface area (Å²) < 4.78 is 1.28. The highest BCUT2D eigenvalue weighted by molar-refractivity contribution is 7.22. The largest absolute Gasteiger partial charge is 0.246 e. The first kappa shape index (κ1) is 11.9. The van der Waals surface area contributed by atoms with Gasteiger partial charge in [-0.05, 0) is 29.2 Å². The van der Waals surface area contributed by atoms with Crippen LogP contribution in [0.5, 0.6) is 0 Å². The second-order valence-corrected chi connectivity index (χ2v) is 5.23. The van der Waals surface area contributed by atoms with Gasteiger partial charge in [0.05, 0.1) is 0 Å². The maximum Gasteiger partial charge on any atom is 0.117 e. The fourth-order valence-corrected chi connectivity index (χ4v) is 2.78. The molecule has 0 amide bonds. The highest BCUT2D eigenvalue weighted by Gasteiger charge is 1.97. The van der Waals surface area contributed by atoms with Crippen molar-refractivity contribution in [3.8, 4) is 0 Å². The number of aliphatic imine (C=N–C) groups is 1. The van der Waals surface area contributed by atoms with E-state index >= 15 is 0 Å². The van der Waals surface area contributed by atoms with Gasteiger partial charge < -0.3 is 0 Å². The van der Waals surface area contributed by atoms with Crippen LogP contribution >= 0.6 is 11.3 Å². The lowest BCUT2D eigenvalue weighted by atomic mass is 10.2. The third-order valence-corrected chi connectivity index (χ3v) is 3.81. The van der Waals surface area contributed by atoms with Crippen LogP contribution in [-0.4, -0.2) is 6.21 Å². The van der Waals surface area contributed by atoms with E-state index in [1.807, 2.05) is 30.5 Å². The minimum atomic E-state index is 1.04. The molecule has 2 heteroatoms. The molecule has 0 unspecified atom stereocenters. The number of thiophene rings is 1. The van der Waals surface area contributed by atoms with Crippen molar-refractivity contribution >= 4 is 38.7 Å². The Bertz CT molecular complexity index is 690. The quantitative estimate of drug-likeness (QED) is 0.567. The zero-order valence-electron chi connectivity index (χ0n) is 10.4. The van der Waals surface area contributed by atoms with Crippen LogP contribution in [0.1, 0.15) is 5.56 Å². The second-order valence-electron chi connectivity index (χ2n) is 4.17. The number of hydrogen-bond donors (Lipinski definition) is 0. The zero-order valence-corrected chi connectivity index (χ0v) is 11.2. The monoisotopic (exact) mass is 263 g/mol. The highest BCUT2D eigenvalue weighted by atomic mass is 32.1. The standard InChI is InChI=1S/C17H13NS/c1-2-7-14(8-3-1)9-6-12-18-17-13-15-10-4-5-11-16(15)19-17/h1-13H/b9-6+,18-12-. The zero-order chi connectivity index (χ0) is 12.9. The molecule has 0 bridgehead atoms. The summed E-state index contributed by atoms with van der Waals surface area (Å²) in [5, 5.41) is 2.30. The molecular weight excluding hydrogens is 250 g/mol. The van der Waals surface area contributed by atoms with Crippen molar-refractivity contribution < 1.29 is 0 Å². The van der Waals surface area contributed by atoms with Crippen molar-refractivity contribution in [1.29, 1.82) is 0 Å². The number of hydrogen-bond acceptors (Lipinski definition) is 2. The Labute approximate surface area is 116 Å². The van der Waals surface area contributed by atoms with Gasteiger partial charge >= 0.3 is 0 Å². The van der Waals surface area contributed by atoms with Crippen LogP contribution in [0, 0.1) is 0 Å². The summed E-state index contributed by atoms with van der Waals surface area (Å²) in [4.78, 5) is 4.47. The normalized spacial score (nSPS) is 11.8. The number of benzene rings is 2. The predicted octanol–water partition coefficient (Wildman–Crippen LogP) is 5.32. The lowest BCUT2D eigenvalue weighted by Crippen LogP contribution is -1.68. The second kappa shape index (κ2) is 5.63. The molecule has 0 saturated heterocycles. The average Bonchev–Trinajstić information content (AvgIpc) is 2.87. The Morgan fingerprint density at radius 3 is 2.53 bits per heavy atom. The van der Waals surface area contributed by atoms with Crippen LogP contribution in [0.25, 0.3) is 16.2 Å². The fourth-order valence-electron chi connectivity index (χ4n) is 1.87. The Kier molecular flexibility index (Phi) is 3.52. The van der Waals surface area contributed by atoms with Gasteiger partial charge in [0.1, 0.15) is 5.00 Å². The molecule has 1 nitrogen and oxygen atoms in total. The Morgan fingerprint density at radius 1 is 0.895 bits per heavy atom. The van der Waals surface area contributed by atoms with Crippen LogP contribution in [0.4, 0.5) is 5.00 Å². The van der Waals surface area contributed by atoms with Crippen LogP contribution < -0.4 is 0 Å². The van der Waals surface area contributed by atoms with E-state index in [0.717, 1.165) is 5.00 Å². The number of allylic oxidation sites excluding steroid dienone is 1. The third kappa shape index (κ3) is 2.98. The summed E-state index contributed by atoms with van der Waals surface area (Å²) in [6.45, 7) is 0. The van der Waals surface area contributed by atoms with E-state index in [1.165, 1.54) is 15.6 Å². The van der Waals surface area contributed by atoms with Gasteiger partial charge in [-0.2, -0.15) is 0 Å². The van der Waals surface area contributed by atoms with E-state index < -0.39 is 0 Å². The first-order chi connectivity index (χ1) is 9.42. The molecule has 1 aromatic heterocycles. The maximum absolute atomic E-state index is 4.47. The van der Waals surface area contributed by atoms with Gasteiger partial charge in [0.25, 0.3) is 0 Å². The van der Waals surface area contributed by atoms with Crippen LogP contribution in [0.3, 0.4) is 0 Å². The molecule has 3 aromatic rings. The van der Waals surface area contributed by atoms with Crippen molar-refractivity contribution in [3.63, 3.8) is 0 Å².